The van der Waals surface area contributed by atoms with Gasteiger partial charge >= 0.3 is 0 Å². The van der Waals surface area contributed by atoms with E-state index in [4.69, 9.17) is 14.2 Å². The van der Waals surface area contributed by atoms with E-state index in [1.165, 1.54) is 12.1 Å². The molecule has 7 heteroatoms. The first-order valence-electron chi connectivity index (χ1n) is 5.40. The Hall–Kier alpha value is -2.83. The fourth-order valence-corrected chi connectivity index (χ4v) is 1.60. The number of hydrogen-bond donors (Lipinski definition) is 0. The smallest absolute Gasteiger partial charge is 0.287 e. The minimum atomic E-state index is -0.517. The highest BCUT2D eigenvalue weighted by Crippen LogP contribution is 2.36. The zero-order valence-electron chi connectivity index (χ0n) is 9.61. The zero-order chi connectivity index (χ0) is 13.2. The Morgan fingerprint density at radius 1 is 1.21 bits per heavy atom. The molecule has 0 radical (unpaired) electrons. The fourth-order valence-electron chi connectivity index (χ4n) is 1.60. The fraction of sp³-hybridized carbons (Fsp3) is 0.0833. The van der Waals surface area contributed by atoms with E-state index in [0.717, 1.165) is 6.20 Å². The largest absolute Gasteiger partial charge is 0.454 e. The molecule has 0 spiro atoms. The van der Waals surface area contributed by atoms with Crippen molar-refractivity contribution in [3.05, 3.63) is 46.6 Å². The van der Waals surface area contributed by atoms with Crippen molar-refractivity contribution in [3.63, 3.8) is 0 Å². The van der Waals surface area contributed by atoms with Crippen LogP contribution in [0.25, 0.3) is 0 Å². The van der Waals surface area contributed by atoms with Crippen LogP contribution in [0.4, 0.5) is 5.69 Å². The van der Waals surface area contributed by atoms with Gasteiger partial charge in [0, 0.05) is 18.2 Å². The van der Waals surface area contributed by atoms with Gasteiger partial charge in [-0.15, -0.1) is 0 Å². The summed E-state index contributed by atoms with van der Waals surface area (Å²) in [6.07, 6.45) is 1.14. The van der Waals surface area contributed by atoms with Gasteiger partial charge in [-0.05, 0) is 12.1 Å². The number of aromatic nitrogens is 1. The van der Waals surface area contributed by atoms with E-state index in [0.29, 0.717) is 17.2 Å². The Labute approximate surface area is 107 Å². The van der Waals surface area contributed by atoms with Gasteiger partial charge in [0.1, 0.15) is 11.9 Å². The molecule has 1 aromatic heterocycles. The van der Waals surface area contributed by atoms with Crippen molar-refractivity contribution in [2.45, 2.75) is 0 Å². The van der Waals surface area contributed by atoms with Gasteiger partial charge in [-0.1, -0.05) is 0 Å². The summed E-state index contributed by atoms with van der Waals surface area (Å²) in [5, 5.41) is 10.5. The van der Waals surface area contributed by atoms with Crippen molar-refractivity contribution in [3.8, 4) is 23.1 Å². The van der Waals surface area contributed by atoms with Crippen LogP contribution in [0.3, 0.4) is 0 Å². The van der Waals surface area contributed by atoms with Crippen LogP contribution >= 0.6 is 0 Å². The molecular weight excluding hydrogens is 252 g/mol. The summed E-state index contributed by atoms with van der Waals surface area (Å²) in [7, 11) is 0. The summed E-state index contributed by atoms with van der Waals surface area (Å²) in [4.78, 5) is 13.8. The number of nitro groups is 1. The topological polar surface area (TPSA) is 83.7 Å². The van der Waals surface area contributed by atoms with Crippen LogP contribution in [-0.4, -0.2) is 16.7 Å². The maximum absolute atomic E-state index is 10.5. The SMILES string of the molecule is O=[N+]([O-])c1ccc(Oc2ccc3c(c2)OCO3)nc1. The van der Waals surface area contributed by atoms with Crippen LogP contribution in [0, 0.1) is 10.1 Å². The van der Waals surface area contributed by atoms with E-state index in [1.807, 2.05) is 0 Å². The lowest BCUT2D eigenvalue weighted by Gasteiger charge is -2.04. The quantitative estimate of drug-likeness (QED) is 0.622. The molecule has 0 amide bonds. The second-order valence-corrected chi connectivity index (χ2v) is 3.73. The number of benzene rings is 1. The zero-order valence-corrected chi connectivity index (χ0v) is 9.61. The number of rotatable bonds is 3. The first-order valence-corrected chi connectivity index (χ1v) is 5.40. The number of ether oxygens (including phenoxy) is 3. The van der Waals surface area contributed by atoms with Crippen LogP contribution in [0.1, 0.15) is 0 Å². The third-order valence-electron chi connectivity index (χ3n) is 2.50. The van der Waals surface area contributed by atoms with E-state index in [2.05, 4.69) is 4.98 Å². The normalized spacial score (nSPS) is 12.2. The van der Waals surface area contributed by atoms with Crippen LogP contribution in [0.5, 0.6) is 23.1 Å². The number of hydrogen-bond acceptors (Lipinski definition) is 6. The number of nitrogens with zero attached hydrogens (tertiary/aromatic N) is 2. The van der Waals surface area contributed by atoms with Crippen LogP contribution < -0.4 is 14.2 Å². The molecule has 1 aliphatic heterocycles. The predicted octanol–water partition coefficient (Wildman–Crippen LogP) is 2.51. The molecule has 0 saturated heterocycles. The molecule has 0 bridgehead atoms. The van der Waals surface area contributed by atoms with Crippen molar-refractivity contribution >= 4 is 5.69 Å². The lowest BCUT2D eigenvalue weighted by Crippen LogP contribution is -1.93. The highest BCUT2D eigenvalue weighted by molar-refractivity contribution is 5.47. The summed E-state index contributed by atoms with van der Waals surface area (Å²) in [6, 6.07) is 7.86. The van der Waals surface area contributed by atoms with Gasteiger partial charge < -0.3 is 14.2 Å². The van der Waals surface area contributed by atoms with Crippen molar-refractivity contribution in [2.24, 2.45) is 0 Å². The molecule has 19 heavy (non-hydrogen) atoms. The average molecular weight is 260 g/mol. The number of pyridine rings is 1. The van der Waals surface area contributed by atoms with Gasteiger partial charge in [0.2, 0.25) is 12.7 Å². The Balaban J connectivity index is 1.79. The van der Waals surface area contributed by atoms with Crippen LogP contribution in [0.15, 0.2) is 36.5 Å². The molecule has 2 heterocycles. The molecule has 0 atom stereocenters. The maximum Gasteiger partial charge on any atom is 0.287 e. The first kappa shape index (κ1) is 11.3. The monoisotopic (exact) mass is 260 g/mol. The van der Waals surface area contributed by atoms with Gasteiger partial charge in [-0.25, -0.2) is 4.98 Å². The van der Waals surface area contributed by atoms with E-state index in [1.54, 1.807) is 18.2 Å². The maximum atomic E-state index is 10.5. The lowest BCUT2D eigenvalue weighted by atomic mass is 10.3. The lowest BCUT2D eigenvalue weighted by molar-refractivity contribution is -0.385. The van der Waals surface area contributed by atoms with E-state index >= 15 is 0 Å². The van der Waals surface area contributed by atoms with E-state index < -0.39 is 4.92 Å². The summed E-state index contributed by atoms with van der Waals surface area (Å²) in [5.74, 6) is 2.04. The highest BCUT2D eigenvalue weighted by Gasteiger charge is 2.14. The summed E-state index contributed by atoms with van der Waals surface area (Å²) in [5.41, 5.74) is -0.0852. The molecule has 0 saturated carbocycles. The van der Waals surface area contributed by atoms with Gasteiger partial charge in [0.15, 0.2) is 11.5 Å². The Bertz CT molecular complexity index is 627. The van der Waals surface area contributed by atoms with Gasteiger partial charge in [0.05, 0.1) is 4.92 Å². The van der Waals surface area contributed by atoms with Gasteiger partial charge in [0.25, 0.3) is 5.69 Å². The van der Waals surface area contributed by atoms with Crippen molar-refractivity contribution in [1.82, 2.24) is 4.98 Å². The molecule has 1 aromatic carbocycles. The standard InChI is InChI=1S/C12H8N2O5/c15-14(16)8-1-4-12(13-6-8)19-9-2-3-10-11(5-9)18-7-17-10/h1-6H,7H2. The first-order chi connectivity index (χ1) is 9.22. The molecular formula is C12H8N2O5. The highest BCUT2D eigenvalue weighted by atomic mass is 16.7. The molecule has 1 aliphatic rings. The predicted molar refractivity (Wildman–Crippen MR) is 63.5 cm³/mol. The minimum Gasteiger partial charge on any atom is -0.454 e. The minimum absolute atomic E-state index is 0.0852. The summed E-state index contributed by atoms with van der Waals surface area (Å²) in [6.45, 7) is 0.189. The second kappa shape index (κ2) is 4.45. The summed E-state index contributed by atoms with van der Waals surface area (Å²) < 4.78 is 15.9. The van der Waals surface area contributed by atoms with E-state index in [9.17, 15) is 10.1 Å². The Kier molecular flexibility index (Phi) is 2.64. The Morgan fingerprint density at radius 3 is 2.79 bits per heavy atom. The van der Waals surface area contributed by atoms with Gasteiger partial charge in [-0.3, -0.25) is 10.1 Å². The molecule has 0 unspecified atom stereocenters. The molecule has 7 nitrogen and oxygen atoms in total. The number of fused-ring (bicyclic) bond motifs is 1. The van der Waals surface area contributed by atoms with Crippen molar-refractivity contribution in [2.75, 3.05) is 6.79 Å². The third kappa shape index (κ3) is 2.25. The molecule has 2 aromatic rings. The van der Waals surface area contributed by atoms with Crippen molar-refractivity contribution < 1.29 is 19.1 Å². The average Bonchev–Trinajstić information content (AvgIpc) is 2.87. The molecule has 0 aliphatic carbocycles. The van der Waals surface area contributed by atoms with Crippen LogP contribution in [0.2, 0.25) is 0 Å². The molecule has 3 rings (SSSR count). The second-order valence-electron chi connectivity index (χ2n) is 3.73. The summed E-state index contributed by atoms with van der Waals surface area (Å²) >= 11 is 0. The van der Waals surface area contributed by atoms with Crippen molar-refractivity contribution in [1.29, 1.82) is 0 Å². The van der Waals surface area contributed by atoms with Gasteiger partial charge in [-0.2, -0.15) is 0 Å². The molecule has 0 N–H and O–H groups in total. The third-order valence-corrected chi connectivity index (χ3v) is 2.50. The van der Waals surface area contributed by atoms with E-state index in [-0.39, 0.29) is 18.4 Å². The molecule has 96 valence electrons. The van der Waals surface area contributed by atoms with Crippen LogP contribution in [-0.2, 0) is 0 Å². The Morgan fingerprint density at radius 2 is 2.05 bits per heavy atom. The molecule has 0 fully saturated rings.